The molecule has 0 saturated heterocycles. The van der Waals surface area contributed by atoms with Gasteiger partial charge in [-0.2, -0.15) is 0 Å². The summed E-state index contributed by atoms with van der Waals surface area (Å²) >= 11 is 0. The molecule has 0 fully saturated rings. The lowest BCUT2D eigenvalue weighted by molar-refractivity contribution is -0.129. The zero-order chi connectivity index (χ0) is 20.2. The minimum Gasteiger partial charge on any atom is -0.342 e. The van der Waals surface area contributed by atoms with E-state index in [0.717, 1.165) is 16.7 Å². The molecule has 0 bridgehead atoms. The number of carbonyl (C=O) groups excluding carboxylic acids is 1. The van der Waals surface area contributed by atoms with Gasteiger partial charge in [0.15, 0.2) is 0 Å². The van der Waals surface area contributed by atoms with Crippen molar-refractivity contribution in [3.63, 3.8) is 0 Å². The topological polar surface area (TPSA) is 57.7 Å². The second kappa shape index (κ2) is 8.57. The van der Waals surface area contributed by atoms with Crippen LogP contribution in [0.4, 0.5) is 5.69 Å². The quantitative estimate of drug-likeness (QED) is 0.727. The van der Waals surface area contributed by atoms with E-state index in [9.17, 15) is 13.2 Å². The molecule has 2 rings (SSSR count). The van der Waals surface area contributed by atoms with E-state index in [1.807, 2.05) is 52.8 Å². The maximum atomic E-state index is 13.4. The molecule has 0 spiro atoms. The molecular weight excluding hydrogens is 360 g/mol. The van der Waals surface area contributed by atoms with Crippen LogP contribution in [0.5, 0.6) is 0 Å². The van der Waals surface area contributed by atoms with E-state index in [-0.39, 0.29) is 17.3 Å². The van der Waals surface area contributed by atoms with Gasteiger partial charge in [0.25, 0.3) is 10.0 Å². The van der Waals surface area contributed by atoms with Crippen LogP contribution in [0.1, 0.15) is 30.5 Å². The minimum absolute atomic E-state index is 0.182. The van der Waals surface area contributed by atoms with Gasteiger partial charge in [-0.3, -0.25) is 9.10 Å². The molecule has 0 heterocycles. The summed E-state index contributed by atoms with van der Waals surface area (Å²) in [5.41, 5.74) is 3.26. The number of anilines is 1. The van der Waals surface area contributed by atoms with Crippen LogP contribution >= 0.6 is 0 Å². The van der Waals surface area contributed by atoms with Gasteiger partial charge in [0.1, 0.15) is 6.54 Å². The number of benzene rings is 2. The van der Waals surface area contributed by atoms with Crippen LogP contribution < -0.4 is 4.31 Å². The van der Waals surface area contributed by atoms with Crippen molar-refractivity contribution in [3.05, 3.63) is 59.2 Å². The fourth-order valence-electron chi connectivity index (χ4n) is 2.92. The monoisotopic (exact) mass is 388 g/mol. The molecule has 2 aromatic carbocycles. The fourth-order valence-corrected chi connectivity index (χ4v) is 4.39. The van der Waals surface area contributed by atoms with Crippen molar-refractivity contribution in [2.45, 2.75) is 39.5 Å². The molecule has 0 unspecified atom stereocenters. The normalized spacial score (nSPS) is 11.3. The maximum absolute atomic E-state index is 13.4. The van der Waals surface area contributed by atoms with Gasteiger partial charge < -0.3 is 4.90 Å². The predicted molar refractivity (Wildman–Crippen MR) is 110 cm³/mol. The number of hydrogen-bond acceptors (Lipinski definition) is 3. The first-order chi connectivity index (χ1) is 12.7. The smallest absolute Gasteiger partial charge is 0.264 e. The molecule has 2 aromatic rings. The zero-order valence-electron chi connectivity index (χ0n) is 16.7. The predicted octanol–water partition coefficient (Wildman–Crippen LogP) is 3.68. The van der Waals surface area contributed by atoms with Gasteiger partial charge in [0, 0.05) is 13.1 Å². The Kier molecular flexibility index (Phi) is 6.65. The number of carbonyl (C=O) groups is 1. The lowest BCUT2D eigenvalue weighted by atomic mass is 10.1. The Balaban J connectivity index is 2.57. The van der Waals surface area contributed by atoms with Gasteiger partial charge in [-0.25, -0.2) is 8.42 Å². The molecular formula is C21H28N2O3S. The first kappa shape index (κ1) is 21.0. The van der Waals surface area contributed by atoms with Gasteiger partial charge in [-0.1, -0.05) is 29.8 Å². The highest BCUT2D eigenvalue weighted by atomic mass is 32.2. The van der Waals surface area contributed by atoms with Crippen LogP contribution in [0.15, 0.2) is 47.4 Å². The van der Waals surface area contributed by atoms with Crippen molar-refractivity contribution >= 4 is 21.6 Å². The Labute approximate surface area is 162 Å². The van der Waals surface area contributed by atoms with E-state index in [2.05, 4.69) is 0 Å². The van der Waals surface area contributed by atoms with Crippen LogP contribution in [-0.4, -0.2) is 38.9 Å². The van der Waals surface area contributed by atoms with E-state index in [4.69, 9.17) is 0 Å². The summed E-state index contributed by atoms with van der Waals surface area (Å²) in [6.45, 7) is 10.3. The number of likely N-dealkylation sites (N-methyl/N-ethyl adjacent to an activating group) is 1. The molecule has 0 aliphatic heterocycles. The number of aryl methyl sites for hydroxylation is 3. The molecule has 0 aliphatic carbocycles. The van der Waals surface area contributed by atoms with Crippen molar-refractivity contribution < 1.29 is 13.2 Å². The van der Waals surface area contributed by atoms with Crippen LogP contribution in [0.25, 0.3) is 0 Å². The SMILES string of the molecule is CCN(CC)C(=O)CN(c1cc(C)ccc1C)S(=O)(=O)c1ccc(C)cc1. The molecule has 0 N–H and O–H groups in total. The summed E-state index contributed by atoms with van der Waals surface area (Å²) < 4.78 is 28.0. The van der Waals surface area contributed by atoms with E-state index >= 15 is 0 Å². The highest BCUT2D eigenvalue weighted by molar-refractivity contribution is 7.92. The van der Waals surface area contributed by atoms with E-state index in [1.165, 1.54) is 4.31 Å². The number of rotatable bonds is 7. The highest BCUT2D eigenvalue weighted by Gasteiger charge is 2.29. The van der Waals surface area contributed by atoms with Crippen molar-refractivity contribution in [1.29, 1.82) is 0 Å². The molecule has 0 radical (unpaired) electrons. The third-order valence-corrected chi connectivity index (χ3v) is 6.41. The standard InChI is InChI=1S/C21H28N2O3S/c1-6-22(7-2)21(24)15-23(20-14-17(4)8-11-18(20)5)27(25,26)19-12-9-16(3)10-13-19/h8-14H,6-7,15H2,1-5H3. The molecule has 1 amide bonds. The number of nitrogens with zero attached hydrogens (tertiary/aromatic N) is 2. The van der Waals surface area contributed by atoms with Crippen molar-refractivity contribution in [1.82, 2.24) is 4.90 Å². The first-order valence-corrected chi connectivity index (χ1v) is 10.6. The molecule has 0 saturated carbocycles. The summed E-state index contributed by atoms with van der Waals surface area (Å²) in [4.78, 5) is 14.6. The molecule has 0 atom stereocenters. The number of hydrogen-bond donors (Lipinski definition) is 0. The summed E-state index contributed by atoms with van der Waals surface area (Å²) in [5.74, 6) is -0.211. The number of sulfonamides is 1. The first-order valence-electron chi connectivity index (χ1n) is 9.15. The third-order valence-electron chi connectivity index (χ3n) is 4.64. The van der Waals surface area contributed by atoms with E-state index < -0.39 is 10.0 Å². The van der Waals surface area contributed by atoms with Gasteiger partial charge >= 0.3 is 0 Å². The Morgan fingerprint density at radius 3 is 2.00 bits per heavy atom. The maximum Gasteiger partial charge on any atom is 0.264 e. The van der Waals surface area contributed by atoms with E-state index in [0.29, 0.717) is 18.8 Å². The Bertz CT molecular complexity index is 902. The van der Waals surface area contributed by atoms with Crippen molar-refractivity contribution in [2.24, 2.45) is 0 Å². The molecule has 27 heavy (non-hydrogen) atoms. The Hall–Kier alpha value is -2.34. The van der Waals surface area contributed by atoms with Gasteiger partial charge in [0.05, 0.1) is 10.6 Å². The number of amides is 1. The third kappa shape index (κ3) is 4.69. The van der Waals surface area contributed by atoms with Crippen LogP contribution in [0.2, 0.25) is 0 Å². The van der Waals surface area contributed by atoms with Gasteiger partial charge in [-0.05, 0) is 63.9 Å². The molecule has 0 aromatic heterocycles. The fraction of sp³-hybridized carbons (Fsp3) is 0.381. The second-order valence-corrected chi connectivity index (χ2v) is 8.54. The van der Waals surface area contributed by atoms with Crippen molar-refractivity contribution in [3.8, 4) is 0 Å². The van der Waals surface area contributed by atoms with Gasteiger partial charge in [0.2, 0.25) is 5.91 Å². The molecule has 5 nitrogen and oxygen atoms in total. The van der Waals surface area contributed by atoms with Gasteiger partial charge in [-0.15, -0.1) is 0 Å². The average molecular weight is 389 g/mol. The summed E-state index contributed by atoms with van der Waals surface area (Å²) in [6, 6.07) is 12.3. The lowest BCUT2D eigenvalue weighted by Crippen LogP contribution is -2.43. The summed E-state index contributed by atoms with van der Waals surface area (Å²) in [7, 11) is -3.87. The Morgan fingerprint density at radius 1 is 0.889 bits per heavy atom. The molecule has 0 aliphatic rings. The molecule has 146 valence electrons. The lowest BCUT2D eigenvalue weighted by Gasteiger charge is -2.28. The van der Waals surface area contributed by atoms with Crippen molar-refractivity contribution in [2.75, 3.05) is 23.9 Å². The van der Waals surface area contributed by atoms with Crippen LogP contribution in [0, 0.1) is 20.8 Å². The summed E-state index contributed by atoms with van der Waals surface area (Å²) in [6.07, 6.45) is 0. The molecule has 6 heteroatoms. The largest absolute Gasteiger partial charge is 0.342 e. The summed E-state index contributed by atoms with van der Waals surface area (Å²) in [5, 5.41) is 0. The average Bonchev–Trinajstić information content (AvgIpc) is 2.63. The van der Waals surface area contributed by atoms with Crippen LogP contribution in [-0.2, 0) is 14.8 Å². The highest BCUT2D eigenvalue weighted by Crippen LogP contribution is 2.28. The second-order valence-electron chi connectivity index (χ2n) is 6.68. The van der Waals surface area contributed by atoms with E-state index in [1.54, 1.807) is 29.2 Å². The Morgan fingerprint density at radius 2 is 1.44 bits per heavy atom. The zero-order valence-corrected chi connectivity index (χ0v) is 17.5. The van der Waals surface area contributed by atoms with Crippen LogP contribution in [0.3, 0.4) is 0 Å². The minimum atomic E-state index is -3.87.